The fraction of sp³-hybridized carbons (Fsp3) is 0.143. The van der Waals surface area contributed by atoms with Gasteiger partial charge in [0.05, 0.1) is 6.54 Å². The van der Waals surface area contributed by atoms with Gasteiger partial charge in [-0.2, -0.15) is 0 Å². The number of anilines is 1. The maximum atomic E-state index is 12.7. The molecular formula is C21H19ClN2O2. The second kappa shape index (κ2) is 8.02. The van der Waals surface area contributed by atoms with Crippen LogP contribution in [0, 0.1) is 0 Å². The van der Waals surface area contributed by atoms with Crippen LogP contribution in [0.15, 0.2) is 71.7 Å². The third kappa shape index (κ3) is 4.21. The largest absolute Gasteiger partial charge is 0.322 e. The summed E-state index contributed by atoms with van der Waals surface area (Å²) >= 11 is 5.99. The van der Waals surface area contributed by atoms with Crippen molar-refractivity contribution in [3.8, 4) is 0 Å². The Hall–Kier alpha value is -2.85. The molecule has 1 aromatic heterocycles. The number of hydrogen-bond donors (Lipinski definition) is 1. The minimum atomic E-state index is -0.417. The number of halogens is 1. The molecule has 2 aromatic carbocycles. The number of nitrogens with one attached hydrogen (secondary N) is 1. The fourth-order valence-corrected chi connectivity index (χ4v) is 2.90. The SMILES string of the molecule is CCc1ccc(NC(=O)c2cccn(Cc3cccc(Cl)c3)c2=O)cc1. The maximum Gasteiger partial charge on any atom is 0.263 e. The molecule has 0 fully saturated rings. The van der Waals surface area contributed by atoms with Crippen molar-refractivity contribution in [3.63, 3.8) is 0 Å². The van der Waals surface area contributed by atoms with E-state index in [9.17, 15) is 9.59 Å². The lowest BCUT2D eigenvalue weighted by atomic mass is 10.1. The van der Waals surface area contributed by atoms with Gasteiger partial charge in [0.25, 0.3) is 11.5 Å². The van der Waals surface area contributed by atoms with E-state index in [4.69, 9.17) is 11.6 Å². The van der Waals surface area contributed by atoms with Crippen molar-refractivity contribution in [3.05, 3.63) is 98.9 Å². The Balaban J connectivity index is 1.81. The van der Waals surface area contributed by atoms with Crippen LogP contribution in [0.4, 0.5) is 5.69 Å². The van der Waals surface area contributed by atoms with Gasteiger partial charge in [-0.25, -0.2) is 0 Å². The van der Waals surface area contributed by atoms with Gasteiger partial charge in [-0.3, -0.25) is 9.59 Å². The van der Waals surface area contributed by atoms with E-state index < -0.39 is 5.91 Å². The summed E-state index contributed by atoms with van der Waals surface area (Å²) in [5.41, 5.74) is 2.51. The molecule has 26 heavy (non-hydrogen) atoms. The van der Waals surface area contributed by atoms with E-state index in [2.05, 4.69) is 12.2 Å². The fourth-order valence-electron chi connectivity index (χ4n) is 2.69. The standard InChI is InChI=1S/C21H19ClN2O2/c1-2-15-8-10-18(11-9-15)23-20(25)19-7-4-12-24(21(19)26)14-16-5-3-6-17(22)13-16/h3-13H,2,14H2,1H3,(H,23,25). The van der Waals surface area contributed by atoms with E-state index in [1.807, 2.05) is 36.4 Å². The van der Waals surface area contributed by atoms with Gasteiger partial charge in [-0.05, 0) is 53.9 Å². The highest BCUT2D eigenvalue weighted by molar-refractivity contribution is 6.30. The quantitative estimate of drug-likeness (QED) is 0.729. The van der Waals surface area contributed by atoms with Gasteiger partial charge >= 0.3 is 0 Å². The van der Waals surface area contributed by atoms with Crippen molar-refractivity contribution in [2.24, 2.45) is 0 Å². The number of nitrogens with zero attached hydrogens (tertiary/aromatic N) is 1. The molecule has 0 saturated heterocycles. The molecule has 1 heterocycles. The maximum absolute atomic E-state index is 12.7. The Morgan fingerprint density at radius 2 is 1.81 bits per heavy atom. The summed E-state index contributed by atoms with van der Waals surface area (Å²) in [6.07, 6.45) is 2.59. The van der Waals surface area contributed by atoms with Crippen LogP contribution in [0.5, 0.6) is 0 Å². The first-order valence-electron chi connectivity index (χ1n) is 8.41. The lowest BCUT2D eigenvalue weighted by molar-refractivity contribution is 0.102. The van der Waals surface area contributed by atoms with Crippen molar-refractivity contribution in [2.45, 2.75) is 19.9 Å². The first-order chi connectivity index (χ1) is 12.6. The molecule has 0 atom stereocenters. The topological polar surface area (TPSA) is 51.1 Å². The Kier molecular flexibility index (Phi) is 5.54. The highest BCUT2D eigenvalue weighted by Gasteiger charge is 2.12. The zero-order valence-corrected chi connectivity index (χ0v) is 15.2. The number of pyridine rings is 1. The number of hydrogen-bond acceptors (Lipinski definition) is 2. The highest BCUT2D eigenvalue weighted by Crippen LogP contribution is 2.13. The second-order valence-corrected chi connectivity index (χ2v) is 6.43. The molecule has 0 bridgehead atoms. The summed E-state index contributed by atoms with van der Waals surface area (Å²) in [6.45, 7) is 2.42. The Morgan fingerprint density at radius 1 is 1.04 bits per heavy atom. The third-order valence-electron chi connectivity index (χ3n) is 4.13. The van der Waals surface area contributed by atoms with E-state index in [0.717, 1.165) is 12.0 Å². The zero-order valence-electron chi connectivity index (χ0n) is 14.4. The van der Waals surface area contributed by atoms with Gasteiger partial charge in [0, 0.05) is 16.9 Å². The molecule has 0 spiro atoms. The predicted molar refractivity (Wildman–Crippen MR) is 105 cm³/mol. The molecule has 5 heteroatoms. The summed E-state index contributed by atoms with van der Waals surface area (Å²) in [7, 11) is 0. The molecule has 132 valence electrons. The lowest BCUT2D eigenvalue weighted by Crippen LogP contribution is -2.29. The summed E-state index contributed by atoms with van der Waals surface area (Å²) in [5.74, 6) is -0.417. The molecule has 1 N–H and O–H groups in total. The summed E-state index contributed by atoms with van der Waals surface area (Å²) in [6, 6.07) is 18.1. The molecule has 3 aromatic rings. The molecule has 0 radical (unpaired) electrons. The van der Waals surface area contributed by atoms with Gasteiger partial charge < -0.3 is 9.88 Å². The summed E-state index contributed by atoms with van der Waals surface area (Å²) in [4.78, 5) is 25.2. The van der Waals surface area contributed by atoms with Gasteiger partial charge in [-0.1, -0.05) is 42.8 Å². The summed E-state index contributed by atoms with van der Waals surface area (Å²) < 4.78 is 1.50. The Morgan fingerprint density at radius 3 is 2.50 bits per heavy atom. The molecule has 3 rings (SSSR count). The second-order valence-electron chi connectivity index (χ2n) is 5.99. The third-order valence-corrected chi connectivity index (χ3v) is 4.36. The van der Waals surface area contributed by atoms with Gasteiger partial charge in [-0.15, -0.1) is 0 Å². The van der Waals surface area contributed by atoms with Crippen LogP contribution in [-0.4, -0.2) is 10.5 Å². The van der Waals surface area contributed by atoms with Crippen LogP contribution >= 0.6 is 11.6 Å². The van der Waals surface area contributed by atoms with Crippen molar-refractivity contribution >= 4 is 23.2 Å². The zero-order chi connectivity index (χ0) is 18.5. The van der Waals surface area contributed by atoms with Crippen LogP contribution in [0.2, 0.25) is 5.02 Å². The molecule has 0 aliphatic heterocycles. The van der Waals surface area contributed by atoms with Gasteiger partial charge in [0.2, 0.25) is 0 Å². The number of aryl methyl sites for hydroxylation is 1. The molecule has 0 saturated carbocycles. The van der Waals surface area contributed by atoms with Crippen LogP contribution in [0.3, 0.4) is 0 Å². The molecule has 4 nitrogen and oxygen atoms in total. The van der Waals surface area contributed by atoms with Crippen LogP contribution in [-0.2, 0) is 13.0 Å². The van der Waals surface area contributed by atoms with Gasteiger partial charge in [0.15, 0.2) is 0 Å². The Bertz CT molecular complexity index is 978. The smallest absolute Gasteiger partial charge is 0.263 e. The first-order valence-corrected chi connectivity index (χ1v) is 8.79. The molecule has 0 aliphatic rings. The van der Waals surface area contributed by atoms with Crippen molar-refractivity contribution in [2.75, 3.05) is 5.32 Å². The van der Waals surface area contributed by atoms with Crippen molar-refractivity contribution in [1.29, 1.82) is 0 Å². The minimum absolute atomic E-state index is 0.106. The van der Waals surface area contributed by atoms with E-state index in [0.29, 0.717) is 17.3 Å². The van der Waals surface area contributed by atoms with E-state index >= 15 is 0 Å². The molecule has 0 unspecified atom stereocenters. The summed E-state index contributed by atoms with van der Waals surface area (Å²) in [5, 5.41) is 3.39. The highest BCUT2D eigenvalue weighted by atomic mass is 35.5. The van der Waals surface area contributed by atoms with Crippen LogP contribution < -0.4 is 10.9 Å². The number of carbonyl (C=O) groups excluding carboxylic acids is 1. The van der Waals surface area contributed by atoms with Crippen molar-refractivity contribution in [1.82, 2.24) is 4.57 Å². The minimum Gasteiger partial charge on any atom is -0.322 e. The molecule has 0 aliphatic carbocycles. The average Bonchev–Trinajstić information content (AvgIpc) is 2.64. The average molecular weight is 367 g/mol. The lowest BCUT2D eigenvalue weighted by Gasteiger charge is -2.09. The van der Waals surface area contributed by atoms with Gasteiger partial charge in [0.1, 0.15) is 5.56 Å². The Labute approximate surface area is 157 Å². The number of amides is 1. The van der Waals surface area contributed by atoms with Crippen LogP contribution in [0.1, 0.15) is 28.4 Å². The number of aromatic nitrogens is 1. The molecular weight excluding hydrogens is 348 g/mol. The molecule has 1 amide bonds. The first kappa shape index (κ1) is 18.0. The van der Waals surface area contributed by atoms with Crippen molar-refractivity contribution < 1.29 is 4.79 Å². The van der Waals surface area contributed by atoms with E-state index in [1.165, 1.54) is 16.2 Å². The normalized spacial score (nSPS) is 10.5. The van der Waals surface area contributed by atoms with Crippen LogP contribution in [0.25, 0.3) is 0 Å². The number of carbonyl (C=O) groups is 1. The number of rotatable bonds is 5. The van der Waals surface area contributed by atoms with E-state index in [1.54, 1.807) is 24.4 Å². The monoisotopic (exact) mass is 366 g/mol. The van der Waals surface area contributed by atoms with E-state index in [-0.39, 0.29) is 11.1 Å². The predicted octanol–water partition coefficient (Wildman–Crippen LogP) is 4.36. The number of benzene rings is 2.